The van der Waals surface area contributed by atoms with Crippen LogP contribution in [-0.2, 0) is 19.1 Å². The van der Waals surface area contributed by atoms with Crippen molar-refractivity contribution in [1.82, 2.24) is 0 Å². The molecule has 4 aliphatic rings. The third kappa shape index (κ3) is 2.64. The van der Waals surface area contributed by atoms with Crippen LogP contribution >= 0.6 is 17.2 Å². The summed E-state index contributed by atoms with van der Waals surface area (Å²) >= 11 is -2.48. The van der Waals surface area contributed by atoms with Gasteiger partial charge in [-0.25, -0.2) is 0 Å². The van der Waals surface area contributed by atoms with Gasteiger partial charge in [-0.15, -0.1) is 0 Å². The molecule has 1 fully saturated rings. The molecular weight excluding hydrogens is 490 g/mol. The molecule has 3 heteroatoms. The Hall–Kier alpha value is 0.410. The Morgan fingerprint density at radius 1 is 1.22 bits per heavy atom. The van der Waals surface area contributed by atoms with Crippen molar-refractivity contribution in [3.63, 3.8) is 0 Å². The van der Waals surface area contributed by atoms with Crippen molar-refractivity contribution in [2.24, 2.45) is 17.8 Å². The van der Waals surface area contributed by atoms with Crippen molar-refractivity contribution in [2.75, 3.05) is 0 Å². The zero-order chi connectivity index (χ0) is 16.1. The Bertz CT molecular complexity index is 638. The summed E-state index contributed by atoms with van der Waals surface area (Å²) in [7, 11) is 13.3. The van der Waals surface area contributed by atoms with Crippen LogP contribution in [0.2, 0.25) is 3.67 Å². The molecule has 4 unspecified atom stereocenters. The van der Waals surface area contributed by atoms with E-state index >= 15 is 0 Å². The summed E-state index contributed by atoms with van der Waals surface area (Å²) in [6, 6.07) is 0. The summed E-state index contributed by atoms with van der Waals surface area (Å²) in [6.07, 6.45) is 14.5. The molecule has 0 radical (unpaired) electrons. The summed E-state index contributed by atoms with van der Waals surface area (Å²) in [4.78, 5) is 0. The Labute approximate surface area is 155 Å². The fraction of sp³-hybridized carbons (Fsp3) is 0.600. The molecule has 2 bridgehead atoms. The molecule has 0 aromatic heterocycles. The first-order valence-electron chi connectivity index (χ1n) is 9.12. The zero-order valence-corrected chi connectivity index (χ0v) is 19.1. The number of hydrogen-bond acceptors (Lipinski definition) is 0. The van der Waals surface area contributed by atoms with Gasteiger partial charge in [0.15, 0.2) is 0 Å². The number of rotatable bonds is 3. The van der Waals surface area contributed by atoms with E-state index in [9.17, 15) is 0 Å². The zero-order valence-electron chi connectivity index (χ0n) is 14.0. The molecule has 0 spiro atoms. The molecule has 4 rings (SSSR count). The molecule has 0 nitrogen and oxygen atoms in total. The first-order valence-corrected chi connectivity index (χ1v) is 20.1. The Kier molecular flexibility index (Phi) is 4.85. The van der Waals surface area contributed by atoms with Crippen LogP contribution in [0, 0.1) is 17.8 Å². The van der Waals surface area contributed by atoms with Gasteiger partial charge >= 0.3 is 156 Å². The van der Waals surface area contributed by atoms with Gasteiger partial charge in [-0.05, 0) is 0 Å². The Morgan fingerprint density at radius 3 is 2.70 bits per heavy atom. The normalized spacial score (nSPS) is 35.7. The Balaban J connectivity index is 1.75. The number of halogens is 2. The van der Waals surface area contributed by atoms with Crippen molar-refractivity contribution in [1.29, 1.82) is 0 Å². The van der Waals surface area contributed by atoms with Crippen LogP contribution in [0.5, 0.6) is 0 Å². The average molecular weight is 515 g/mol. The number of allylic oxidation sites excluding steroid dienone is 8. The van der Waals surface area contributed by atoms with Crippen LogP contribution < -0.4 is 0 Å². The molecule has 0 heterocycles. The van der Waals surface area contributed by atoms with Gasteiger partial charge in [0.2, 0.25) is 0 Å². The van der Waals surface area contributed by atoms with Crippen LogP contribution in [0.25, 0.3) is 0 Å². The molecule has 1 saturated carbocycles. The SMILES string of the molecule is CCC1=C2CCC3C(C)C2=C(CCC3C2=CC=CC2)[CH]1[Hf]([Cl])[Cl]. The second-order valence-corrected chi connectivity index (χ2v) is 19.9. The van der Waals surface area contributed by atoms with Crippen molar-refractivity contribution in [2.45, 2.75) is 56.0 Å². The first kappa shape index (κ1) is 16.9. The molecule has 4 aliphatic carbocycles. The van der Waals surface area contributed by atoms with E-state index in [1.165, 1.54) is 32.1 Å². The van der Waals surface area contributed by atoms with Crippen molar-refractivity contribution in [3.8, 4) is 0 Å². The van der Waals surface area contributed by atoms with Gasteiger partial charge in [-0.2, -0.15) is 0 Å². The molecular formula is C20H25Cl2Hf. The summed E-state index contributed by atoms with van der Waals surface area (Å²) in [6.45, 7) is 4.79. The molecule has 0 N–H and O–H groups in total. The van der Waals surface area contributed by atoms with Crippen LogP contribution in [0.1, 0.15) is 52.4 Å². The van der Waals surface area contributed by atoms with Gasteiger partial charge in [0.25, 0.3) is 0 Å². The topological polar surface area (TPSA) is 0 Å². The monoisotopic (exact) mass is 515 g/mol. The summed E-state index contributed by atoms with van der Waals surface area (Å²) in [5, 5.41) is 0. The predicted molar refractivity (Wildman–Crippen MR) is 96.3 cm³/mol. The Morgan fingerprint density at radius 2 is 2.04 bits per heavy atom. The summed E-state index contributed by atoms with van der Waals surface area (Å²) in [5.74, 6) is 2.31. The average Bonchev–Trinajstić information content (AvgIpc) is 3.14. The van der Waals surface area contributed by atoms with Gasteiger partial charge in [0.05, 0.1) is 0 Å². The summed E-state index contributed by atoms with van der Waals surface area (Å²) in [5.41, 5.74) is 8.43. The van der Waals surface area contributed by atoms with E-state index in [0.717, 1.165) is 18.3 Å². The molecule has 0 aromatic carbocycles. The van der Waals surface area contributed by atoms with E-state index in [0.29, 0.717) is 9.59 Å². The predicted octanol–water partition coefficient (Wildman–Crippen LogP) is 7.06. The fourth-order valence-corrected chi connectivity index (χ4v) is 14.4. The summed E-state index contributed by atoms with van der Waals surface area (Å²) < 4.78 is 0.508. The van der Waals surface area contributed by atoms with E-state index in [1.54, 1.807) is 27.9 Å². The maximum absolute atomic E-state index is 6.67. The molecule has 4 atom stereocenters. The van der Waals surface area contributed by atoms with Crippen LogP contribution in [0.15, 0.2) is 46.1 Å². The third-order valence-electron chi connectivity index (χ3n) is 6.70. The molecule has 0 aliphatic heterocycles. The molecule has 0 amide bonds. The quantitative estimate of drug-likeness (QED) is 0.354. The van der Waals surface area contributed by atoms with E-state index in [-0.39, 0.29) is 0 Å². The van der Waals surface area contributed by atoms with Crippen molar-refractivity contribution >= 4 is 17.2 Å². The van der Waals surface area contributed by atoms with Gasteiger partial charge in [0.1, 0.15) is 0 Å². The number of fused-ring (bicyclic) bond motifs is 1. The third-order valence-corrected chi connectivity index (χ3v) is 14.3. The van der Waals surface area contributed by atoms with Crippen molar-refractivity contribution in [3.05, 3.63) is 46.1 Å². The second-order valence-electron chi connectivity index (χ2n) is 7.53. The van der Waals surface area contributed by atoms with Gasteiger partial charge in [-0.3, -0.25) is 0 Å². The van der Waals surface area contributed by atoms with Crippen LogP contribution in [-0.4, -0.2) is 0 Å². The fourth-order valence-electron chi connectivity index (χ4n) is 5.78. The van der Waals surface area contributed by atoms with Gasteiger partial charge in [-0.1, -0.05) is 0 Å². The maximum atomic E-state index is 6.67. The van der Waals surface area contributed by atoms with Crippen LogP contribution in [0.3, 0.4) is 0 Å². The minimum atomic E-state index is -2.48. The number of hydrogen-bond donors (Lipinski definition) is 0. The second kappa shape index (κ2) is 6.61. The van der Waals surface area contributed by atoms with Crippen LogP contribution in [0.4, 0.5) is 0 Å². The van der Waals surface area contributed by atoms with E-state index in [4.69, 9.17) is 17.2 Å². The van der Waals surface area contributed by atoms with E-state index in [1.807, 2.05) is 0 Å². The first-order chi connectivity index (χ1) is 11.1. The van der Waals surface area contributed by atoms with Crippen molar-refractivity contribution < 1.29 is 19.1 Å². The van der Waals surface area contributed by atoms with E-state index in [2.05, 4.69) is 32.1 Å². The molecule has 0 saturated heterocycles. The molecule has 123 valence electrons. The van der Waals surface area contributed by atoms with E-state index < -0.39 is 19.1 Å². The van der Waals surface area contributed by atoms with Gasteiger partial charge < -0.3 is 0 Å². The standard InChI is InChI=1S/C20H25.2ClH.Hf/c1-3-14-12-16-8-9-18(15-6-4-5-7-15)17-10-11-19(14)20(16)13(17)2;;;/h4-6,12-13,17-18H,3,7-11H2,1-2H3;2*1H;/q;;;+2/p-2. The minimum absolute atomic E-state index is 0.508. The van der Waals surface area contributed by atoms with Gasteiger partial charge in [0, 0.05) is 0 Å². The molecule has 23 heavy (non-hydrogen) atoms. The molecule has 0 aromatic rings.